The number of halogens is 1. The van der Waals surface area contributed by atoms with Crippen molar-refractivity contribution in [1.82, 2.24) is 0 Å². The number of carbonyl (C=O) groups is 1. The minimum atomic E-state index is -3.73. The quantitative estimate of drug-likeness (QED) is 0.510. The van der Waals surface area contributed by atoms with Crippen molar-refractivity contribution in [2.45, 2.75) is 23.5 Å². The molecular weight excluding hydrogens is 388 g/mol. The van der Waals surface area contributed by atoms with Crippen molar-refractivity contribution in [1.29, 1.82) is 0 Å². The summed E-state index contributed by atoms with van der Waals surface area (Å²) in [5, 5.41) is 1.36. The standard InChI is InChI=1S/C20H17ClO3S2/c1-14-4-10-17(11-5-14)26(23,24)20(15-6-8-16(21)9-7-15)13-18(22)19-3-2-12-25-19/h2-12,20H,13H2,1H3. The summed E-state index contributed by atoms with van der Waals surface area (Å²) in [5.74, 6) is -0.185. The van der Waals surface area contributed by atoms with Gasteiger partial charge in [0.15, 0.2) is 15.6 Å². The van der Waals surface area contributed by atoms with Gasteiger partial charge in [-0.05, 0) is 48.2 Å². The Balaban J connectivity index is 2.03. The Labute approximate surface area is 162 Å². The molecule has 1 heterocycles. The highest BCUT2D eigenvalue weighted by molar-refractivity contribution is 7.91. The molecular formula is C20H17ClO3S2. The van der Waals surface area contributed by atoms with E-state index in [0.29, 0.717) is 15.5 Å². The van der Waals surface area contributed by atoms with E-state index in [2.05, 4.69) is 0 Å². The molecule has 0 aliphatic carbocycles. The van der Waals surface area contributed by atoms with E-state index in [1.807, 2.05) is 6.92 Å². The molecule has 0 spiro atoms. The molecule has 3 aromatic rings. The molecule has 1 aromatic heterocycles. The molecule has 6 heteroatoms. The SMILES string of the molecule is Cc1ccc(S(=O)(=O)C(CC(=O)c2cccs2)c2ccc(Cl)cc2)cc1. The van der Waals surface area contributed by atoms with Crippen molar-refractivity contribution < 1.29 is 13.2 Å². The highest BCUT2D eigenvalue weighted by atomic mass is 35.5. The predicted molar refractivity (Wildman–Crippen MR) is 106 cm³/mol. The van der Waals surface area contributed by atoms with Crippen molar-refractivity contribution in [3.05, 3.63) is 87.1 Å². The van der Waals surface area contributed by atoms with Crippen LogP contribution in [0.4, 0.5) is 0 Å². The molecule has 0 aliphatic heterocycles. The van der Waals surface area contributed by atoms with Crippen LogP contribution in [0.2, 0.25) is 5.02 Å². The van der Waals surface area contributed by atoms with Gasteiger partial charge in [-0.15, -0.1) is 11.3 Å². The third kappa shape index (κ3) is 4.06. The molecule has 3 rings (SSSR count). The smallest absolute Gasteiger partial charge is 0.185 e. The van der Waals surface area contributed by atoms with E-state index >= 15 is 0 Å². The van der Waals surface area contributed by atoms with Crippen molar-refractivity contribution in [2.24, 2.45) is 0 Å². The van der Waals surface area contributed by atoms with Crippen LogP contribution >= 0.6 is 22.9 Å². The Bertz CT molecular complexity index is 990. The summed E-state index contributed by atoms with van der Waals surface area (Å²) < 4.78 is 26.5. The molecule has 26 heavy (non-hydrogen) atoms. The number of aryl methyl sites for hydroxylation is 1. The van der Waals surface area contributed by atoms with Gasteiger partial charge in [-0.1, -0.05) is 47.5 Å². The second-order valence-electron chi connectivity index (χ2n) is 6.00. The number of benzene rings is 2. The lowest BCUT2D eigenvalue weighted by Crippen LogP contribution is -2.17. The summed E-state index contributed by atoms with van der Waals surface area (Å²) in [6, 6.07) is 16.8. The molecule has 2 aromatic carbocycles. The lowest BCUT2D eigenvalue weighted by molar-refractivity contribution is 0.0984. The van der Waals surface area contributed by atoms with Crippen molar-refractivity contribution in [2.75, 3.05) is 0 Å². The number of hydrogen-bond donors (Lipinski definition) is 0. The molecule has 0 aliphatic rings. The minimum absolute atomic E-state index is 0.113. The van der Waals surface area contributed by atoms with Gasteiger partial charge in [0.2, 0.25) is 0 Å². The van der Waals surface area contributed by atoms with E-state index in [-0.39, 0.29) is 17.1 Å². The number of thiophene rings is 1. The molecule has 0 saturated heterocycles. The van der Waals surface area contributed by atoms with Crippen LogP contribution in [0.3, 0.4) is 0 Å². The van der Waals surface area contributed by atoms with E-state index in [9.17, 15) is 13.2 Å². The molecule has 0 bridgehead atoms. The zero-order chi connectivity index (χ0) is 18.7. The van der Waals surface area contributed by atoms with Crippen LogP contribution in [0.5, 0.6) is 0 Å². The fourth-order valence-corrected chi connectivity index (χ4v) is 5.21. The zero-order valence-corrected chi connectivity index (χ0v) is 16.4. The van der Waals surface area contributed by atoms with Crippen LogP contribution in [-0.2, 0) is 9.84 Å². The Morgan fingerprint density at radius 1 is 1.04 bits per heavy atom. The summed E-state index contributed by atoms with van der Waals surface area (Å²) in [5.41, 5.74) is 1.53. The fourth-order valence-electron chi connectivity index (χ4n) is 2.68. The average Bonchev–Trinajstić information content (AvgIpc) is 3.15. The van der Waals surface area contributed by atoms with Crippen LogP contribution in [0.1, 0.15) is 32.5 Å². The second kappa shape index (κ2) is 7.74. The van der Waals surface area contributed by atoms with Gasteiger partial charge in [0, 0.05) is 11.4 Å². The normalized spacial score (nSPS) is 12.7. The van der Waals surface area contributed by atoms with Crippen LogP contribution in [-0.4, -0.2) is 14.2 Å². The Morgan fingerprint density at radius 2 is 1.69 bits per heavy atom. The molecule has 1 atom stereocenters. The van der Waals surface area contributed by atoms with Crippen molar-refractivity contribution in [3.63, 3.8) is 0 Å². The van der Waals surface area contributed by atoms with E-state index in [0.717, 1.165) is 5.56 Å². The third-order valence-electron chi connectivity index (χ3n) is 4.13. The first-order chi connectivity index (χ1) is 12.4. The van der Waals surface area contributed by atoms with E-state index in [4.69, 9.17) is 11.6 Å². The van der Waals surface area contributed by atoms with Gasteiger partial charge in [-0.2, -0.15) is 0 Å². The Hall–Kier alpha value is -1.95. The second-order valence-corrected chi connectivity index (χ2v) is 9.52. The molecule has 3 nitrogen and oxygen atoms in total. The van der Waals surface area contributed by atoms with E-state index < -0.39 is 15.1 Å². The van der Waals surface area contributed by atoms with Gasteiger partial charge in [0.05, 0.1) is 15.0 Å². The molecule has 0 fully saturated rings. The van der Waals surface area contributed by atoms with Gasteiger partial charge in [-0.3, -0.25) is 4.79 Å². The maximum atomic E-state index is 13.3. The van der Waals surface area contributed by atoms with Gasteiger partial charge in [-0.25, -0.2) is 8.42 Å². The zero-order valence-electron chi connectivity index (χ0n) is 14.1. The van der Waals surface area contributed by atoms with Gasteiger partial charge in [0.25, 0.3) is 0 Å². The van der Waals surface area contributed by atoms with Gasteiger partial charge in [0.1, 0.15) is 0 Å². The minimum Gasteiger partial charge on any atom is -0.293 e. The molecule has 0 saturated carbocycles. The summed E-state index contributed by atoms with van der Waals surface area (Å²) in [7, 11) is -3.73. The summed E-state index contributed by atoms with van der Waals surface area (Å²) in [4.78, 5) is 13.4. The molecule has 0 radical (unpaired) electrons. The summed E-state index contributed by atoms with van der Waals surface area (Å²) in [6.45, 7) is 1.90. The summed E-state index contributed by atoms with van der Waals surface area (Å²) >= 11 is 7.25. The number of hydrogen-bond acceptors (Lipinski definition) is 4. The first kappa shape index (κ1) is 18.8. The number of rotatable bonds is 6. The Kier molecular flexibility index (Phi) is 5.61. The lowest BCUT2D eigenvalue weighted by atomic mass is 10.1. The van der Waals surface area contributed by atoms with Crippen molar-refractivity contribution in [3.8, 4) is 0 Å². The number of ketones is 1. The average molecular weight is 405 g/mol. The van der Waals surface area contributed by atoms with Gasteiger partial charge >= 0.3 is 0 Å². The van der Waals surface area contributed by atoms with Gasteiger partial charge < -0.3 is 0 Å². The maximum Gasteiger partial charge on any atom is 0.185 e. The van der Waals surface area contributed by atoms with Crippen LogP contribution in [0.25, 0.3) is 0 Å². The highest BCUT2D eigenvalue weighted by Gasteiger charge is 2.31. The Morgan fingerprint density at radius 3 is 2.27 bits per heavy atom. The number of Topliss-reactive ketones (excluding diaryl/α,β-unsaturated/α-hetero) is 1. The molecule has 0 N–H and O–H groups in total. The van der Waals surface area contributed by atoms with E-state index in [1.165, 1.54) is 11.3 Å². The highest BCUT2D eigenvalue weighted by Crippen LogP contribution is 2.34. The first-order valence-corrected chi connectivity index (χ1v) is 10.8. The maximum absolute atomic E-state index is 13.3. The summed E-state index contributed by atoms with van der Waals surface area (Å²) in [6.07, 6.45) is -0.113. The van der Waals surface area contributed by atoms with Crippen molar-refractivity contribution >= 4 is 38.6 Å². The van der Waals surface area contributed by atoms with Crippen LogP contribution in [0.15, 0.2) is 70.9 Å². The topological polar surface area (TPSA) is 51.2 Å². The number of carbonyl (C=O) groups excluding carboxylic acids is 1. The van der Waals surface area contributed by atoms with Crippen LogP contribution in [0, 0.1) is 6.92 Å². The first-order valence-electron chi connectivity index (χ1n) is 8.00. The van der Waals surface area contributed by atoms with Crippen LogP contribution < -0.4 is 0 Å². The lowest BCUT2D eigenvalue weighted by Gasteiger charge is -2.18. The predicted octanol–water partition coefficient (Wildman–Crippen LogP) is 5.50. The van der Waals surface area contributed by atoms with E-state index in [1.54, 1.807) is 66.0 Å². The third-order valence-corrected chi connectivity index (χ3v) is 7.41. The molecule has 0 amide bonds. The largest absolute Gasteiger partial charge is 0.293 e. The molecule has 1 unspecified atom stereocenters. The number of sulfone groups is 1. The monoisotopic (exact) mass is 404 g/mol. The fraction of sp³-hybridized carbons (Fsp3) is 0.150. The molecule has 134 valence electrons.